The fraction of sp³-hybridized carbons (Fsp3) is 0.115. The first kappa shape index (κ1) is 22.4. The van der Waals surface area contributed by atoms with E-state index in [1.807, 2.05) is 97.9 Å². The van der Waals surface area contributed by atoms with Crippen LogP contribution in [0.3, 0.4) is 0 Å². The highest BCUT2D eigenvalue weighted by atomic mass is 32.2. The first-order chi connectivity index (χ1) is 16.1. The maximum atomic E-state index is 13.1. The molecule has 0 radical (unpaired) electrons. The number of carbonyl (C=O) groups excluding carboxylic acids is 1. The summed E-state index contributed by atoms with van der Waals surface area (Å²) in [7, 11) is 3.99. The molecule has 3 aromatic rings. The summed E-state index contributed by atoms with van der Waals surface area (Å²) in [5.74, 6) is 0.558. The van der Waals surface area contributed by atoms with Gasteiger partial charge in [0.25, 0.3) is 5.91 Å². The molecule has 2 aromatic carbocycles. The van der Waals surface area contributed by atoms with E-state index in [4.69, 9.17) is 4.42 Å². The second-order valence-electron chi connectivity index (χ2n) is 7.48. The lowest BCUT2D eigenvalue weighted by Gasteiger charge is -2.12. The van der Waals surface area contributed by atoms with Crippen LogP contribution >= 0.6 is 11.8 Å². The maximum Gasteiger partial charge on any atom is 0.267 e. The van der Waals surface area contributed by atoms with Crippen molar-refractivity contribution in [1.29, 1.82) is 0 Å². The van der Waals surface area contributed by atoms with E-state index in [-0.39, 0.29) is 5.91 Å². The molecule has 0 unspecified atom stereocenters. The summed E-state index contributed by atoms with van der Waals surface area (Å²) in [5.41, 5.74) is 3.12. The van der Waals surface area contributed by atoms with Gasteiger partial charge >= 0.3 is 0 Å². The number of furan rings is 1. The van der Waals surface area contributed by atoms with E-state index in [0.717, 1.165) is 16.8 Å². The Morgan fingerprint density at radius 1 is 1.00 bits per heavy atom. The van der Waals surface area contributed by atoms with E-state index < -0.39 is 0 Å². The van der Waals surface area contributed by atoms with Crippen LogP contribution in [-0.4, -0.2) is 36.3 Å². The Bertz CT molecular complexity index is 1190. The molecule has 0 atom stereocenters. The third-order valence-electron chi connectivity index (χ3n) is 4.87. The van der Waals surface area contributed by atoms with Gasteiger partial charge < -0.3 is 9.32 Å². The van der Waals surface area contributed by atoms with Crippen LogP contribution in [0, 0.1) is 0 Å². The van der Waals surface area contributed by atoms with Crippen molar-refractivity contribution in [2.75, 3.05) is 19.0 Å². The molecule has 0 bridgehead atoms. The maximum absolute atomic E-state index is 13.1. The monoisotopic (exact) mass is 456 g/mol. The quantitative estimate of drug-likeness (QED) is 0.267. The Balaban J connectivity index is 1.54. The predicted molar refractivity (Wildman–Crippen MR) is 137 cm³/mol. The molecule has 1 amide bonds. The first-order valence-corrected chi connectivity index (χ1v) is 11.3. The summed E-state index contributed by atoms with van der Waals surface area (Å²) in [4.78, 5) is 17.3. The van der Waals surface area contributed by atoms with Crippen molar-refractivity contribution < 1.29 is 9.21 Å². The molecule has 1 fully saturated rings. The molecule has 1 aliphatic rings. The van der Waals surface area contributed by atoms with Gasteiger partial charge in [0.15, 0.2) is 5.17 Å². The lowest BCUT2D eigenvalue weighted by atomic mass is 10.2. The van der Waals surface area contributed by atoms with E-state index in [1.165, 1.54) is 11.8 Å². The van der Waals surface area contributed by atoms with Crippen molar-refractivity contribution >= 4 is 46.9 Å². The SMILES string of the molecule is CN(C)c1ccc(/C=C2\S/C(=N/N=C\C=C\c3ccccc3)N(Cc3ccco3)C2=O)cc1. The number of amidine groups is 1. The molecule has 1 saturated heterocycles. The topological polar surface area (TPSA) is 61.4 Å². The van der Waals surface area contributed by atoms with Gasteiger partial charge in [0.2, 0.25) is 0 Å². The molecule has 1 aliphatic heterocycles. The van der Waals surface area contributed by atoms with Gasteiger partial charge in [-0.15, -0.1) is 5.10 Å². The zero-order chi connectivity index (χ0) is 23.0. The second-order valence-corrected chi connectivity index (χ2v) is 8.49. The number of anilines is 1. The summed E-state index contributed by atoms with van der Waals surface area (Å²) in [6.07, 6.45) is 8.84. The second kappa shape index (κ2) is 10.7. The van der Waals surface area contributed by atoms with Crippen LogP contribution in [0.5, 0.6) is 0 Å². The summed E-state index contributed by atoms with van der Waals surface area (Å²) in [6, 6.07) is 21.6. The van der Waals surface area contributed by atoms with Gasteiger partial charge in [-0.05, 0) is 59.3 Å². The third-order valence-corrected chi connectivity index (χ3v) is 5.87. The highest BCUT2D eigenvalue weighted by Gasteiger charge is 2.34. The van der Waals surface area contributed by atoms with Crippen LogP contribution in [-0.2, 0) is 11.3 Å². The van der Waals surface area contributed by atoms with Crippen LogP contribution in [0.25, 0.3) is 12.2 Å². The van der Waals surface area contributed by atoms with Crippen LogP contribution < -0.4 is 4.90 Å². The van der Waals surface area contributed by atoms with Gasteiger partial charge in [-0.25, -0.2) is 0 Å². The molecule has 4 rings (SSSR count). The van der Waals surface area contributed by atoms with Crippen molar-refractivity contribution in [2.45, 2.75) is 6.54 Å². The Labute approximate surface area is 197 Å². The minimum absolute atomic E-state index is 0.123. The van der Waals surface area contributed by atoms with Gasteiger partial charge in [-0.3, -0.25) is 9.69 Å². The molecular formula is C26H24N4O2S. The molecule has 166 valence electrons. The van der Waals surface area contributed by atoms with E-state index in [0.29, 0.717) is 22.4 Å². The summed E-state index contributed by atoms with van der Waals surface area (Å²) < 4.78 is 5.44. The smallest absolute Gasteiger partial charge is 0.267 e. The number of hydrogen-bond acceptors (Lipinski definition) is 6. The third kappa shape index (κ3) is 5.90. The largest absolute Gasteiger partial charge is 0.467 e. The van der Waals surface area contributed by atoms with Gasteiger partial charge in [-0.1, -0.05) is 48.5 Å². The number of hydrogen-bond donors (Lipinski definition) is 0. The summed E-state index contributed by atoms with van der Waals surface area (Å²) in [6.45, 7) is 0.296. The first-order valence-electron chi connectivity index (χ1n) is 10.4. The van der Waals surface area contributed by atoms with Crippen LogP contribution in [0.1, 0.15) is 16.9 Å². The van der Waals surface area contributed by atoms with Gasteiger partial charge in [0, 0.05) is 26.0 Å². The minimum atomic E-state index is -0.123. The van der Waals surface area contributed by atoms with Gasteiger partial charge in [0.1, 0.15) is 5.76 Å². The molecule has 1 aromatic heterocycles. The number of carbonyl (C=O) groups is 1. The Morgan fingerprint density at radius 2 is 1.79 bits per heavy atom. The van der Waals surface area contributed by atoms with Gasteiger partial charge in [-0.2, -0.15) is 5.10 Å². The molecular weight excluding hydrogens is 432 g/mol. The predicted octanol–water partition coefficient (Wildman–Crippen LogP) is 5.52. The van der Waals surface area contributed by atoms with Crippen molar-refractivity contribution in [3.8, 4) is 0 Å². The number of benzene rings is 2. The average Bonchev–Trinajstić information content (AvgIpc) is 3.44. The normalized spacial score (nSPS) is 16.7. The highest BCUT2D eigenvalue weighted by molar-refractivity contribution is 8.18. The molecule has 6 nitrogen and oxygen atoms in total. The molecule has 0 spiro atoms. The highest BCUT2D eigenvalue weighted by Crippen LogP contribution is 2.34. The molecule has 0 aliphatic carbocycles. The van der Waals surface area contributed by atoms with E-state index in [9.17, 15) is 4.79 Å². The number of amides is 1. The van der Waals surface area contributed by atoms with Crippen LogP contribution in [0.2, 0.25) is 0 Å². The van der Waals surface area contributed by atoms with Crippen molar-refractivity contribution in [3.63, 3.8) is 0 Å². The minimum Gasteiger partial charge on any atom is -0.467 e. The summed E-state index contributed by atoms with van der Waals surface area (Å²) in [5, 5.41) is 8.97. The zero-order valence-electron chi connectivity index (χ0n) is 18.5. The van der Waals surface area contributed by atoms with Crippen molar-refractivity contribution in [3.05, 3.63) is 101 Å². The number of thioether (sulfide) groups is 1. The van der Waals surface area contributed by atoms with Crippen molar-refractivity contribution in [1.82, 2.24) is 4.90 Å². The fourth-order valence-corrected chi connectivity index (χ4v) is 4.07. The van der Waals surface area contributed by atoms with Crippen LogP contribution in [0.4, 0.5) is 5.69 Å². The molecule has 2 heterocycles. The average molecular weight is 457 g/mol. The van der Waals surface area contributed by atoms with E-state index in [2.05, 4.69) is 10.2 Å². The van der Waals surface area contributed by atoms with Gasteiger partial charge in [0.05, 0.1) is 17.7 Å². The lowest BCUT2D eigenvalue weighted by Crippen LogP contribution is -2.28. The molecule has 33 heavy (non-hydrogen) atoms. The molecule has 0 N–H and O–H groups in total. The Kier molecular flexibility index (Phi) is 7.22. The Hall–Kier alpha value is -3.84. The summed E-state index contributed by atoms with van der Waals surface area (Å²) >= 11 is 1.31. The van der Waals surface area contributed by atoms with Crippen molar-refractivity contribution in [2.24, 2.45) is 10.2 Å². The van der Waals surface area contributed by atoms with E-state index >= 15 is 0 Å². The Morgan fingerprint density at radius 3 is 2.48 bits per heavy atom. The molecule has 7 heteroatoms. The number of nitrogens with zero attached hydrogens (tertiary/aromatic N) is 4. The van der Waals surface area contributed by atoms with Crippen LogP contribution in [0.15, 0.2) is 98.6 Å². The standard InChI is InChI=1S/C26H24N4O2S/c1-29(2)22-14-12-21(13-15-22)18-24-25(31)30(19-23-11-7-17-32-23)26(33-24)28-27-16-6-10-20-8-4-3-5-9-20/h3-18H,19H2,1-2H3/b10-6+,24-18-,27-16-,28-26+. The zero-order valence-corrected chi connectivity index (χ0v) is 19.3. The number of allylic oxidation sites excluding steroid dienone is 1. The lowest BCUT2D eigenvalue weighted by molar-refractivity contribution is -0.122. The van der Waals surface area contributed by atoms with E-state index in [1.54, 1.807) is 23.4 Å². The fourth-order valence-electron chi connectivity index (χ4n) is 3.14. The number of rotatable bonds is 7. The molecule has 0 saturated carbocycles.